The first-order valence-corrected chi connectivity index (χ1v) is 11.1. The molecule has 1 unspecified atom stereocenters. The summed E-state index contributed by atoms with van der Waals surface area (Å²) in [6.07, 6.45) is -0.0808. The molecule has 0 spiro atoms. The van der Waals surface area contributed by atoms with Gasteiger partial charge in [0.2, 0.25) is 0 Å². The van der Waals surface area contributed by atoms with Gasteiger partial charge in [0.05, 0.1) is 4.92 Å². The molecule has 2 amide bonds. The third-order valence-electron chi connectivity index (χ3n) is 5.53. The molecule has 0 saturated carbocycles. The Hall–Kier alpha value is -3.91. The normalized spacial score (nSPS) is 15.2. The predicted molar refractivity (Wildman–Crippen MR) is 128 cm³/mol. The van der Waals surface area contributed by atoms with Gasteiger partial charge in [0.1, 0.15) is 5.75 Å². The van der Waals surface area contributed by atoms with Crippen LogP contribution < -0.4 is 10.1 Å². The number of halogens is 1. The highest BCUT2D eigenvalue weighted by atomic mass is 35.5. The van der Waals surface area contributed by atoms with Gasteiger partial charge in [0.15, 0.2) is 6.10 Å². The van der Waals surface area contributed by atoms with E-state index in [0.29, 0.717) is 41.5 Å². The van der Waals surface area contributed by atoms with Crippen LogP contribution in [-0.4, -0.2) is 27.7 Å². The number of fused-ring (bicyclic) bond motifs is 1. The highest BCUT2D eigenvalue weighted by Crippen LogP contribution is 2.30. The summed E-state index contributed by atoms with van der Waals surface area (Å²) in [6.45, 7) is 2.61. The maximum absolute atomic E-state index is 13.1. The molecule has 1 N–H and O–H groups in total. The second-order valence-electron chi connectivity index (χ2n) is 7.92. The molecule has 1 aliphatic heterocycles. The van der Waals surface area contributed by atoms with Gasteiger partial charge in [-0.15, -0.1) is 0 Å². The summed E-state index contributed by atoms with van der Waals surface area (Å²) >= 11 is 5.98. The molecule has 1 aliphatic rings. The number of nitrogens with one attached hydrogen (secondary N) is 1. The molecule has 174 valence electrons. The van der Waals surface area contributed by atoms with Gasteiger partial charge in [-0.2, -0.15) is 0 Å². The van der Waals surface area contributed by atoms with Crippen molar-refractivity contribution in [1.29, 1.82) is 0 Å². The number of carbonyl (C=O) groups excluding carboxylic acids is 2. The molecule has 0 saturated heterocycles. The highest BCUT2D eigenvalue weighted by Gasteiger charge is 2.30. The minimum absolute atomic E-state index is 0.0883. The van der Waals surface area contributed by atoms with Crippen molar-refractivity contribution in [1.82, 2.24) is 4.90 Å². The van der Waals surface area contributed by atoms with Gasteiger partial charge in [0, 0.05) is 47.1 Å². The van der Waals surface area contributed by atoms with Crippen LogP contribution in [0.3, 0.4) is 0 Å². The molecule has 9 heteroatoms. The Morgan fingerprint density at radius 2 is 1.85 bits per heavy atom. The monoisotopic (exact) mass is 479 g/mol. The number of benzene rings is 3. The molecule has 34 heavy (non-hydrogen) atoms. The average Bonchev–Trinajstić information content (AvgIpc) is 2.96. The standard InChI is InChI=1S/C25H22ClN3O5/c1-2-22-25(31)28(14-16-3-7-19(26)8-4-16)15-18-13-20(9-12-23(18)34-22)27-24(30)17-5-10-21(11-6-17)29(32)33/h3-13,22H,2,14-15H2,1H3,(H,27,30). The van der Waals surface area contributed by atoms with Crippen LogP contribution in [-0.2, 0) is 17.9 Å². The number of hydrogen-bond acceptors (Lipinski definition) is 5. The number of amides is 2. The first kappa shape index (κ1) is 23.3. The predicted octanol–water partition coefficient (Wildman–Crippen LogP) is 5.20. The van der Waals surface area contributed by atoms with Crippen molar-refractivity contribution in [3.63, 3.8) is 0 Å². The minimum atomic E-state index is -0.603. The largest absolute Gasteiger partial charge is 0.480 e. The van der Waals surface area contributed by atoms with Crippen LogP contribution in [0, 0.1) is 10.1 Å². The first-order chi connectivity index (χ1) is 16.3. The third-order valence-corrected chi connectivity index (χ3v) is 5.79. The molecule has 0 aromatic heterocycles. The van der Waals surface area contributed by atoms with Crippen molar-refractivity contribution in [2.45, 2.75) is 32.5 Å². The topological polar surface area (TPSA) is 102 Å². The zero-order valence-corrected chi connectivity index (χ0v) is 19.1. The van der Waals surface area contributed by atoms with Crippen LogP contribution >= 0.6 is 11.6 Å². The Morgan fingerprint density at radius 3 is 2.50 bits per heavy atom. The fourth-order valence-corrected chi connectivity index (χ4v) is 3.85. The first-order valence-electron chi connectivity index (χ1n) is 10.7. The van der Waals surface area contributed by atoms with Gasteiger partial charge in [-0.1, -0.05) is 30.7 Å². The lowest BCUT2D eigenvalue weighted by Crippen LogP contribution is -2.38. The van der Waals surface area contributed by atoms with E-state index in [1.165, 1.54) is 24.3 Å². The minimum Gasteiger partial charge on any atom is -0.480 e. The Bertz CT molecular complexity index is 1230. The van der Waals surface area contributed by atoms with Gasteiger partial charge < -0.3 is 15.0 Å². The van der Waals surface area contributed by atoms with Crippen molar-refractivity contribution in [2.75, 3.05) is 5.32 Å². The second kappa shape index (κ2) is 9.93. The Labute approximate surface area is 201 Å². The molecule has 0 aliphatic carbocycles. The van der Waals surface area contributed by atoms with Crippen molar-refractivity contribution < 1.29 is 19.2 Å². The van der Waals surface area contributed by atoms with Crippen molar-refractivity contribution in [3.8, 4) is 5.75 Å². The number of nitro groups is 1. The Kier molecular flexibility index (Phi) is 6.79. The number of ether oxygens (including phenoxy) is 1. The van der Waals surface area contributed by atoms with Crippen molar-refractivity contribution in [3.05, 3.63) is 98.6 Å². The molecule has 8 nitrogen and oxygen atoms in total. The maximum Gasteiger partial charge on any atom is 0.269 e. The van der Waals surface area contributed by atoms with E-state index in [4.69, 9.17) is 16.3 Å². The Morgan fingerprint density at radius 1 is 1.15 bits per heavy atom. The summed E-state index contributed by atoms with van der Waals surface area (Å²) in [7, 11) is 0. The second-order valence-corrected chi connectivity index (χ2v) is 8.35. The maximum atomic E-state index is 13.1. The van der Waals surface area contributed by atoms with Crippen LogP contribution in [0.2, 0.25) is 5.02 Å². The molecular weight excluding hydrogens is 458 g/mol. The number of nitro benzene ring substituents is 1. The number of rotatable bonds is 6. The van der Waals surface area contributed by atoms with Crippen LogP contribution in [0.15, 0.2) is 66.7 Å². The highest BCUT2D eigenvalue weighted by molar-refractivity contribution is 6.30. The number of hydrogen-bond donors (Lipinski definition) is 1. The van der Waals surface area contributed by atoms with E-state index in [-0.39, 0.29) is 11.6 Å². The number of carbonyl (C=O) groups is 2. The van der Waals surface area contributed by atoms with Gasteiger partial charge in [-0.3, -0.25) is 19.7 Å². The van der Waals surface area contributed by atoms with Gasteiger partial charge in [0.25, 0.3) is 17.5 Å². The molecule has 0 bridgehead atoms. The SMILES string of the molecule is CCC1Oc2ccc(NC(=O)c3ccc([N+](=O)[O-])cc3)cc2CN(Cc2ccc(Cl)cc2)C1=O. The summed E-state index contributed by atoms with van der Waals surface area (Å²) in [5.74, 6) is 0.0853. The molecule has 0 radical (unpaired) electrons. The average molecular weight is 480 g/mol. The van der Waals surface area contributed by atoms with E-state index in [1.54, 1.807) is 35.2 Å². The quantitative estimate of drug-likeness (QED) is 0.386. The lowest BCUT2D eigenvalue weighted by molar-refractivity contribution is -0.384. The fraction of sp³-hybridized carbons (Fsp3) is 0.200. The molecular formula is C25H22ClN3O5. The lowest BCUT2D eigenvalue weighted by atomic mass is 10.1. The van der Waals surface area contributed by atoms with Crippen molar-refractivity contribution in [2.24, 2.45) is 0 Å². The summed E-state index contributed by atoms with van der Waals surface area (Å²) in [6, 6.07) is 17.9. The molecule has 3 aromatic carbocycles. The van der Waals surface area contributed by atoms with Crippen LogP contribution in [0.1, 0.15) is 34.8 Å². The number of nitrogens with zero attached hydrogens (tertiary/aromatic N) is 2. The smallest absolute Gasteiger partial charge is 0.269 e. The van der Waals surface area contributed by atoms with Gasteiger partial charge in [-0.05, 0) is 54.4 Å². The molecule has 3 aromatic rings. The van der Waals surface area contributed by atoms with E-state index in [9.17, 15) is 19.7 Å². The Balaban J connectivity index is 1.55. The zero-order chi connectivity index (χ0) is 24.2. The lowest BCUT2D eigenvalue weighted by Gasteiger charge is -2.23. The van der Waals surface area contributed by atoms with E-state index in [1.807, 2.05) is 19.1 Å². The van der Waals surface area contributed by atoms with Crippen molar-refractivity contribution >= 4 is 34.8 Å². The fourth-order valence-electron chi connectivity index (χ4n) is 3.73. The number of anilines is 1. The third kappa shape index (κ3) is 5.18. The summed E-state index contributed by atoms with van der Waals surface area (Å²) in [5.41, 5.74) is 2.44. The molecule has 1 atom stereocenters. The summed E-state index contributed by atoms with van der Waals surface area (Å²) in [4.78, 5) is 37.8. The van der Waals surface area contributed by atoms with E-state index in [2.05, 4.69) is 5.32 Å². The van der Waals surface area contributed by atoms with E-state index >= 15 is 0 Å². The summed E-state index contributed by atoms with van der Waals surface area (Å²) < 4.78 is 6.00. The van der Waals surface area contributed by atoms with Crippen LogP contribution in [0.25, 0.3) is 0 Å². The van der Waals surface area contributed by atoms with Crippen LogP contribution in [0.4, 0.5) is 11.4 Å². The zero-order valence-electron chi connectivity index (χ0n) is 18.4. The molecule has 4 rings (SSSR count). The van der Waals surface area contributed by atoms with Gasteiger partial charge >= 0.3 is 0 Å². The molecule has 0 fully saturated rings. The summed E-state index contributed by atoms with van der Waals surface area (Å²) in [5, 5.41) is 14.2. The van der Waals surface area contributed by atoms with Gasteiger partial charge in [-0.25, -0.2) is 0 Å². The van der Waals surface area contributed by atoms with E-state index in [0.717, 1.165) is 11.1 Å². The number of non-ortho nitro benzene ring substituents is 1. The van der Waals surface area contributed by atoms with Crippen LogP contribution in [0.5, 0.6) is 5.75 Å². The van der Waals surface area contributed by atoms with E-state index < -0.39 is 16.9 Å². The molecule has 1 heterocycles.